The molecule has 1 atom stereocenters. The first-order valence-electron chi connectivity index (χ1n) is 9.04. The Kier molecular flexibility index (Phi) is 7.44. The minimum atomic E-state index is 0.0939. The highest BCUT2D eigenvalue weighted by atomic mass is 16.5. The standard InChI is InChI=1S/C19H29N5O2/c1-6-20-19(21-11-18-23-15(5)24-26-18)22-14(4)16-7-9-17(10-8-16)25-12-13(2)3/h7-10,13-14H,6,11-12H2,1-5H3,(H2,20,21,22). The molecule has 0 spiro atoms. The Bertz CT molecular complexity index is 694. The van der Waals surface area contributed by atoms with Crippen LogP contribution >= 0.6 is 0 Å². The number of guanidine groups is 1. The summed E-state index contributed by atoms with van der Waals surface area (Å²) in [4.78, 5) is 8.67. The molecule has 1 heterocycles. The average Bonchev–Trinajstić information content (AvgIpc) is 3.04. The molecule has 2 aromatic rings. The summed E-state index contributed by atoms with van der Waals surface area (Å²) in [5.74, 6) is 3.22. The van der Waals surface area contributed by atoms with Gasteiger partial charge in [-0.3, -0.25) is 0 Å². The van der Waals surface area contributed by atoms with Crippen molar-refractivity contribution >= 4 is 5.96 Å². The Labute approximate surface area is 155 Å². The van der Waals surface area contributed by atoms with Crippen LogP contribution in [0.25, 0.3) is 0 Å². The van der Waals surface area contributed by atoms with Crippen molar-refractivity contribution in [3.05, 3.63) is 41.5 Å². The molecule has 1 unspecified atom stereocenters. The highest BCUT2D eigenvalue weighted by Crippen LogP contribution is 2.18. The van der Waals surface area contributed by atoms with Crippen LogP contribution in [0.1, 0.15) is 51.0 Å². The summed E-state index contributed by atoms with van der Waals surface area (Å²) in [7, 11) is 0. The molecule has 0 saturated carbocycles. The fourth-order valence-corrected chi connectivity index (χ4v) is 2.27. The molecule has 0 bridgehead atoms. The summed E-state index contributed by atoms with van der Waals surface area (Å²) in [6.45, 7) is 12.0. The second-order valence-corrected chi connectivity index (χ2v) is 6.57. The van der Waals surface area contributed by atoms with Crippen molar-refractivity contribution in [3.8, 4) is 5.75 Å². The van der Waals surface area contributed by atoms with Gasteiger partial charge in [-0.05, 0) is 44.4 Å². The summed E-state index contributed by atoms with van der Waals surface area (Å²) in [6.07, 6.45) is 0. The minimum absolute atomic E-state index is 0.0939. The maximum Gasteiger partial charge on any atom is 0.248 e. The maximum absolute atomic E-state index is 5.73. The molecule has 26 heavy (non-hydrogen) atoms. The maximum atomic E-state index is 5.73. The Morgan fingerprint density at radius 2 is 1.96 bits per heavy atom. The van der Waals surface area contributed by atoms with E-state index in [4.69, 9.17) is 9.26 Å². The van der Waals surface area contributed by atoms with Gasteiger partial charge in [0, 0.05) is 6.54 Å². The summed E-state index contributed by atoms with van der Waals surface area (Å²) < 4.78 is 10.8. The lowest BCUT2D eigenvalue weighted by Crippen LogP contribution is -2.38. The molecule has 2 N–H and O–H groups in total. The first-order valence-corrected chi connectivity index (χ1v) is 9.04. The number of nitrogens with zero attached hydrogens (tertiary/aromatic N) is 3. The van der Waals surface area contributed by atoms with E-state index >= 15 is 0 Å². The average molecular weight is 359 g/mol. The third-order valence-electron chi connectivity index (χ3n) is 3.60. The molecule has 0 radical (unpaired) electrons. The summed E-state index contributed by atoms with van der Waals surface area (Å²) in [5, 5.41) is 10.4. The van der Waals surface area contributed by atoms with Crippen molar-refractivity contribution in [2.75, 3.05) is 13.2 Å². The number of aromatic nitrogens is 2. The molecule has 0 saturated heterocycles. The third kappa shape index (κ3) is 6.38. The van der Waals surface area contributed by atoms with Gasteiger partial charge in [-0.15, -0.1) is 0 Å². The van der Waals surface area contributed by atoms with Crippen molar-refractivity contribution < 1.29 is 9.26 Å². The highest BCUT2D eigenvalue weighted by molar-refractivity contribution is 5.80. The van der Waals surface area contributed by atoms with Gasteiger partial charge >= 0.3 is 0 Å². The predicted molar refractivity (Wildman–Crippen MR) is 102 cm³/mol. The van der Waals surface area contributed by atoms with E-state index in [1.807, 2.05) is 19.1 Å². The molecule has 142 valence electrons. The second-order valence-electron chi connectivity index (χ2n) is 6.57. The van der Waals surface area contributed by atoms with Crippen LogP contribution in [-0.4, -0.2) is 29.3 Å². The van der Waals surface area contributed by atoms with E-state index in [0.29, 0.717) is 30.1 Å². The Balaban J connectivity index is 1.96. The lowest BCUT2D eigenvalue weighted by molar-refractivity contribution is 0.271. The first kappa shape index (κ1) is 19.8. The van der Waals surface area contributed by atoms with Gasteiger partial charge in [0.05, 0.1) is 12.6 Å². The molecule has 0 fully saturated rings. The Hall–Kier alpha value is -2.57. The van der Waals surface area contributed by atoms with Gasteiger partial charge in [0.1, 0.15) is 12.3 Å². The van der Waals surface area contributed by atoms with Gasteiger partial charge in [0.15, 0.2) is 11.8 Å². The quantitative estimate of drug-likeness (QED) is 0.556. The third-order valence-corrected chi connectivity index (χ3v) is 3.60. The monoisotopic (exact) mass is 359 g/mol. The SMILES string of the molecule is CCNC(=NCc1nc(C)no1)NC(C)c1ccc(OCC(C)C)cc1. The van der Waals surface area contributed by atoms with Crippen molar-refractivity contribution in [1.29, 1.82) is 0 Å². The van der Waals surface area contributed by atoms with Crippen molar-refractivity contribution in [2.24, 2.45) is 10.9 Å². The number of aryl methyl sites for hydroxylation is 1. The van der Waals surface area contributed by atoms with Crippen LogP contribution in [0.15, 0.2) is 33.8 Å². The zero-order valence-corrected chi connectivity index (χ0v) is 16.2. The van der Waals surface area contributed by atoms with Gasteiger partial charge < -0.3 is 19.9 Å². The number of hydrogen-bond acceptors (Lipinski definition) is 5. The number of aliphatic imine (C=N–C) groups is 1. The molecular formula is C19H29N5O2. The predicted octanol–water partition coefficient (Wildman–Crippen LogP) is 3.23. The van der Waals surface area contributed by atoms with E-state index in [-0.39, 0.29) is 6.04 Å². The topological polar surface area (TPSA) is 84.6 Å². The second kappa shape index (κ2) is 9.79. The lowest BCUT2D eigenvalue weighted by atomic mass is 10.1. The van der Waals surface area contributed by atoms with Crippen LogP contribution < -0.4 is 15.4 Å². The van der Waals surface area contributed by atoms with Gasteiger partial charge in [-0.1, -0.05) is 31.1 Å². The summed E-state index contributed by atoms with van der Waals surface area (Å²) >= 11 is 0. The van der Waals surface area contributed by atoms with Crippen LogP contribution in [0.4, 0.5) is 0 Å². The number of nitrogens with one attached hydrogen (secondary N) is 2. The fraction of sp³-hybridized carbons (Fsp3) is 0.526. The molecule has 0 amide bonds. The lowest BCUT2D eigenvalue weighted by Gasteiger charge is -2.18. The number of rotatable bonds is 8. The van der Waals surface area contributed by atoms with E-state index in [1.54, 1.807) is 6.92 Å². The summed E-state index contributed by atoms with van der Waals surface area (Å²) in [6, 6.07) is 8.23. The van der Waals surface area contributed by atoms with Crippen LogP contribution in [0, 0.1) is 12.8 Å². The number of benzene rings is 1. The molecule has 1 aromatic carbocycles. The van der Waals surface area contributed by atoms with E-state index in [0.717, 1.165) is 24.5 Å². The van der Waals surface area contributed by atoms with Crippen LogP contribution in [0.5, 0.6) is 5.75 Å². The van der Waals surface area contributed by atoms with Crippen LogP contribution in [0.3, 0.4) is 0 Å². The van der Waals surface area contributed by atoms with Crippen molar-refractivity contribution in [1.82, 2.24) is 20.8 Å². The van der Waals surface area contributed by atoms with E-state index in [2.05, 4.69) is 58.7 Å². The van der Waals surface area contributed by atoms with Gasteiger partial charge in [-0.25, -0.2) is 4.99 Å². The molecule has 0 aliphatic heterocycles. The first-order chi connectivity index (χ1) is 12.5. The molecule has 7 nitrogen and oxygen atoms in total. The Morgan fingerprint density at radius 1 is 1.23 bits per heavy atom. The molecule has 0 aliphatic rings. The smallest absolute Gasteiger partial charge is 0.248 e. The number of hydrogen-bond donors (Lipinski definition) is 2. The van der Waals surface area contributed by atoms with Crippen molar-refractivity contribution in [2.45, 2.75) is 47.2 Å². The Morgan fingerprint density at radius 3 is 2.54 bits per heavy atom. The van der Waals surface area contributed by atoms with E-state index in [1.165, 1.54) is 0 Å². The minimum Gasteiger partial charge on any atom is -0.493 e. The van der Waals surface area contributed by atoms with E-state index < -0.39 is 0 Å². The highest BCUT2D eigenvalue weighted by Gasteiger charge is 2.09. The molecule has 7 heteroatoms. The van der Waals surface area contributed by atoms with E-state index in [9.17, 15) is 0 Å². The molecule has 0 aliphatic carbocycles. The zero-order chi connectivity index (χ0) is 18.9. The largest absolute Gasteiger partial charge is 0.493 e. The summed E-state index contributed by atoms with van der Waals surface area (Å²) in [5.41, 5.74) is 1.15. The fourth-order valence-electron chi connectivity index (χ4n) is 2.27. The molecule has 1 aromatic heterocycles. The molecule has 2 rings (SSSR count). The van der Waals surface area contributed by atoms with Crippen molar-refractivity contribution in [3.63, 3.8) is 0 Å². The number of ether oxygens (including phenoxy) is 1. The van der Waals surface area contributed by atoms with Crippen LogP contribution in [-0.2, 0) is 6.54 Å². The van der Waals surface area contributed by atoms with Gasteiger partial charge in [0.2, 0.25) is 5.89 Å². The normalized spacial score (nSPS) is 12.9. The van der Waals surface area contributed by atoms with Gasteiger partial charge in [0.25, 0.3) is 0 Å². The van der Waals surface area contributed by atoms with Crippen LogP contribution in [0.2, 0.25) is 0 Å². The molecular weight excluding hydrogens is 330 g/mol. The van der Waals surface area contributed by atoms with Gasteiger partial charge in [-0.2, -0.15) is 4.98 Å². The zero-order valence-electron chi connectivity index (χ0n) is 16.2.